The molecule has 1 aromatic rings. The van der Waals surface area contributed by atoms with E-state index >= 15 is 0 Å². The first kappa shape index (κ1) is 18.6. The second-order valence-electron chi connectivity index (χ2n) is 3.22. The van der Waals surface area contributed by atoms with E-state index < -0.39 is 0 Å². The molecule has 0 atom stereocenters. The average molecular weight is 353 g/mol. The van der Waals surface area contributed by atoms with Gasteiger partial charge in [-0.3, -0.25) is 0 Å². The lowest BCUT2D eigenvalue weighted by Gasteiger charge is -2.27. The number of alkyl halides is 1. The van der Waals surface area contributed by atoms with Crippen LogP contribution in [0, 0.1) is 0 Å². The van der Waals surface area contributed by atoms with Gasteiger partial charge in [-0.25, -0.2) is 9.97 Å². The van der Waals surface area contributed by atoms with Crippen LogP contribution in [-0.4, -0.2) is 36.3 Å². The third-order valence-electron chi connectivity index (χ3n) is 2.21. The predicted molar refractivity (Wildman–Crippen MR) is 85.4 cm³/mol. The molecule has 0 aromatic carbocycles. The van der Waals surface area contributed by atoms with Crippen LogP contribution in [0.1, 0.15) is 33.4 Å². The number of hydrogen-bond donors (Lipinski definition) is 0. The van der Waals surface area contributed by atoms with E-state index in [4.69, 9.17) is 16.3 Å². The Hall–Kier alpha value is -0.390. The molecule has 19 heavy (non-hydrogen) atoms. The molecule has 1 aromatic heterocycles. The van der Waals surface area contributed by atoms with Gasteiger partial charge in [-0.15, -0.1) is 0 Å². The van der Waals surface area contributed by atoms with Crippen LogP contribution in [0.3, 0.4) is 0 Å². The summed E-state index contributed by atoms with van der Waals surface area (Å²) in [5.74, 6) is 0.882. The zero-order valence-corrected chi connectivity index (χ0v) is 14.5. The molecular formula is C13H23BrClN3O. The van der Waals surface area contributed by atoms with Crippen molar-refractivity contribution >= 4 is 33.3 Å². The summed E-state index contributed by atoms with van der Waals surface area (Å²) in [4.78, 5) is 10.5. The van der Waals surface area contributed by atoms with Crippen molar-refractivity contribution in [3.8, 4) is 0 Å². The maximum absolute atomic E-state index is 5.85. The second-order valence-corrected chi connectivity index (χ2v) is 4.12. The highest BCUT2D eigenvalue weighted by Gasteiger charge is 2.13. The van der Waals surface area contributed by atoms with Crippen molar-refractivity contribution in [2.24, 2.45) is 0 Å². The van der Waals surface area contributed by atoms with Gasteiger partial charge in [-0.2, -0.15) is 0 Å². The number of morpholine rings is 1. The topological polar surface area (TPSA) is 38.2 Å². The third kappa shape index (κ3) is 6.54. The van der Waals surface area contributed by atoms with Gasteiger partial charge in [-0.05, 0) is 11.6 Å². The molecule has 0 unspecified atom stereocenters. The number of anilines is 1. The Morgan fingerprint density at radius 2 is 1.79 bits per heavy atom. The first-order valence-corrected chi connectivity index (χ1v) is 8.21. The van der Waals surface area contributed by atoms with E-state index in [2.05, 4.69) is 30.8 Å². The number of aromatic nitrogens is 2. The molecule has 0 radical (unpaired) electrons. The molecule has 0 saturated carbocycles. The van der Waals surface area contributed by atoms with Crippen molar-refractivity contribution in [3.63, 3.8) is 0 Å². The Balaban J connectivity index is 0.000000741. The van der Waals surface area contributed by atoms with Crippen molar-refractivity contribution in [2.75, 3.05) is 31.2 Å². The lowest BCUT2D eigenvalue weighted by molar-refractivity contribution is 0.122. The summed E-state index contributed by atoms with van der Waals surface area (Å²) in [6, 6.07) is 1.95. The summed E-state index contributed by atoms with van der Waals surface area (Å²) in [6.07, 6.45) is 0. The normalized spacial score (nSPS) is 13.9. The van der Waals surface area contributed by atoms with Gasteiger partial charge in [0.2, 0.25) is 5.28 Å². The van der Waals surface area contributed by atoms with Gasteiger partial charge < -0.3 is 9.64 Å². The Morgan fingerprint density at radius 1 is 1.21 bits per heavy atom. The van der Waals surface area contributed by atoms with Crippen molar-refractivity contribution < 1.29 is 4.74 Å². The van der Waals surface area contributed by atoms with E-state index in [0.29, 0.717) is 10.6 Å². The summed E-state index contributed by atoms with van der Waals surface area (Å²) in [7, 11) is 0. The van der Waals surface area contributed by atoms with E-state index in [9.17, 15) is 0 Å². The fraction of sp³-hybridized carbons (Fsp3) is 0.692. The molecule has 6 heteroatoms. The Bertz CT molecular complexity index is 347. The zero-order valence-electron chi connectivity index (χ0n) is 12.1. The van der Waals surface area contributed by atoms with Crippen LogP contribution in [0.5, 0.6) is 0 Å². The molecule has 2 heterocycles. The summed E-state index contributed by atoms with van der Waals surface area (Å²) >= 11 is 9.20. The van der Waals surface area contributed by atoms with Crippen molar-refractivity contribution in [1.29, 1.82) is 0 Å². The van der Waals surface area contributed by atoms with E-state index in [0.717, 1.165) is 37.8 Å². The van der Waals surface area contributed by atoms with E-state index in [1.54, 1.807) is 0 Å². The highest BCUT2D eigenvalue weighted by Crippen LogP contribution is 2.17. The van der Waals surface area contributed by atoms with Crippen molar-refractivity contribution in [3.05, 3.63) is 17.0 Å². The number of halogens is 2. The Kier molecular flexibility index (Phi) is 11.2. The first-order chi connectivity index (χ1) is 9.29. The van der Waals surface area contributed by atoms with E-state index in [1.165, 1.54) is 0 Å². The molecule has 0 spiro atoms. The molecule has 4 nitrogen and oxygen atoms in total. The minimum Gasteiger partial charge on any atom is -0.378 e. The van der Waals surface area contributed by atoms with Gasteiger partial charge in [0.05, 0.1) is 18.9 Å². The molecule has 0 amide bonds. The molecule has 1 fully saturated rings. The molecule has 1 aliphatic rings. The van der Waals surface area contributed by atoms with Gasteiger partial charge in [0.1, 0.15) is 5.82 Å². The van der Waals surface area contributed by atoms with Gasteiger partial charge in [0, 0.05) is 24.5 Å². The van der Waals surface area contributed by atoms with Crippen LogP contribution in [0.4, 0.5) is 5.82 Å². The fourth-order valence-electron chi connectivity index (χ4n) is 1.47. The lowest BCUT2D eigenvalue weighted by atomic mass is 10.3. The van der Waals surface area contributed by atoms with Crippen LogP contribution in [0.2, 0.25) is 5.28 Å². The SMILES string of the molecule is CC.CC.Clc1nc(CBr)cc(N2CCOCC2)n1. The van der Waals surface area contributed by atoms with Gasteiger partial charge in [-0.1, -0.05) is 43.6 Å². The zero-order chi connectivity index (χ0) is 14.7. The van der Waals surface area contributed by atoms with Crippen LogP contribution in [-0.2, 0) is 10.1 Å². The fourth-order valence-corrected chi connectivity index (χ4v) is 1.96. The van der Waals surface area contributed by atoms with E-state index in [1.807, 2.05) is 33.8 Å². The lowest BCUT2D eigenvalue weighted by Crippen LogP contribution is -2.36. The minimum atomic E-state index is 0.299. The highest BCUT2D eigenvalue weighted by molar-refractivity contribution is 9.08. The number of nitrogens with zero attached hydrogens (tertiary/aromatic N) is 3. The van der Waals surface area contributed by atoms with Crippen LogP contribution in [0.15, 0.2) is 6.07 Å². The van der Waals surface area contributed by atoms with Gasteiger partial charge in [0.15, 0.2) is 0 Å². The second kappa shape index (κ2) is 11.4. The quantitative estimate of drug-likeness (QED) is 0.597. The number of hydrogen-bond acceptors (Lipinski definition) is 4. The molecule has 2 rings (SSSR count). The number of ether oxygens (including phenoxy) is 1. The largest absolute Gasteiger partial charge is 0.378 e. The van der Waals surface area contributed by atoms with Crippen LogP contribution >= 0.6 is 27.5 Å². The predicted octanol–water partition coefficient (Wildman–Crippen LogP) is 3.91. The molecule has 0 N–H and O–H groups in total. The van der Waals surface area contributed by atoms with Crippen molar-refractivity contribution in [2.45, 2.75) is 33.0 Å². The summed E-state index contributed by atoms with van der Waals surface area (Å²) < 4.78 is 5.28. The average Bonchev–Trinajstić information content (AvgIpc) is 2.51. The van der Waals surface area contributed by atoms with Gasteiger partial charge in [0.25, 0.3) is 0 Å². The Morgan fingerprint density at radius 3 is 2.32 bits per heavy atom. The molecule has 1 saturated heterocycles. The molecule has 110 valence electrons. The van der Waals surface area contributed by atoms with E-state index in [-0.39, 0.29) is 0 Å². The van der Waals surface area contributed by atoms with Crippen molar-refractivity contribution in [1.82, 2.24) is 9.97 Å². The van der Waals surface area contributed by atoms with Crippen LogP contribution < -0.4 is 4.90 Å². The smallest absolute Gasteiger partial charge is 0.224 e. The number of rotatable bonds is 2. The van der Waals surface area contributed by atoms with Gasteiger partial charge >= 0.3 is 0 Å². The minimum absolute atomic E-state index is 0.299. The summed E-state index contributed by atoms with van der Waals surface area (Å²) in [5.41, 5.74) is 0.900. The molecular weight excluding hydrogens is 330 g/mol. The molecule has 0 aliphatic carbocycles. The maximum Gasteiger partial charge on any atom is 0.224 e. The third-order valence-corrected chi connectivity index (χ3v) is 2.95. The maximum atomic E-state index is 5.85. The monoisotopic (exact) mass is 351 g/mol. The standard InChI is InChI=1S/C9H11BrClN3O.2C2H6/c10-6-7-5-8(13-9(11)12-7)14-1-3-15-4-2-14;2*1-2/h5H,1-4,6H2;2*1-2H3. The summed E-state index contributed by atoms with van der Waals surface area (Å²) in [6.45, 7) is 11.2. The molecule has 0 bridgehead atoms. The van der Waals surface area contributed by atoms with Crippen LogP contribution in [0.25, 0.3) is 0 Å². The molecule has 1 aliphatic heterocycles. The summed E-state index contributed by atoms with van der Waals surface area (Å²) in [5, 5.41) is 0.987. The highest BCUT2D eigenvalue weighted by atomic mass is 79.9. The Labute approximate surface area is 129 Å². The first-order valence-electron chi connectivity index (χ1n) is 6.71.